The SMILES string of the molecule is C#CCO/N=C(C)\C=C(/C)[C@@]12CCC[C@@]3(C)[C@@H]1CC[C@@]3(C)C2. The van der Waals surface area contributed by atoms with Gasteiger partial charge in [-0.15, -0.1) is 6.42 Å². The molecule has 0 amide bonds. The van der Waals surface area contributed by atoms with Crippen LogP contribution in [0.5, 0.6) is 0 Å². The Morgan fingerprint density at radius 3 is 2.82 bits per heavy atom. The van der Waals surface area contributed by atoms with Gasteiger partial charge in [-0.2, -0.15) is 0 Å². The van der Waals surface area contributed by atoms with E-state index >= 15 is 0 Å². The molecule has 3 fully saturated rings. The number of rotatable bonds is 4. The minimum atomic E-state index is 0.244. The van der Waals surface area contributed by atoms with Gasteiger partial charge in [-0.1, -0.05) is 36.9 Å². The van der Waals surface area contributed by atoms with E-state index in [1.165, 1.54) is 44.1 Å². The van der Waals surface area contributed by atoms with Gasteiger partial charge < -0.3 is 4.84 Å². The molecule has 0 aliphatic heterocycles. The van der Waals surface area contributed by atoms with E-state index in [0.717, 1.165) is 11.6 Å². The van der Waals surface area contributed by atoms with Crippen molar-refractivity contribution in [3.05, 3.63) is 11.6 Å². The lowest BCUT2D eigenvalue weighted by Crippen LogP contribution is -2.37. The lowest BCUT2D eigenvalue weighted by atomic mass is 9.59. The Morgan fingerprint density at radius 2 is 2.09 bits per heavy atom. The molecule has 0 N–H and O–H groups in total. The van der Waals surface area contributed by atoms with Crippen molar-refractivity contribution in [1.29, 1.82) is 0 Å². The lowest BCUT2D eigenvalue weighted by Gasteiger charge is -2.46. The van der Waals surface area contributed by atoms with Gasteiger partial charge in [-0.25, -0.2) is 0 Å². The first-order valence-corrected chi connectivity index (χ1v) is 8.67. The van der Waals surface area contributed by atoms with Crippen molar-refractivity contribution in [2.45, 2.75) is 66.2 Å². The fourth-order valence-electron chi connectivity index (χ4n) is 6.26. The summed E-state index contributed by atoms with van der Waals surface area (Å²) in [6.07, 6.45) is 15.8. The average molecular weight is 299 g/mol. The number of allylic oxidation sites excluding steroid dienone is 2. The first-order chi connectivity index (χ1) is 10.4. The van der Waals surface area contributed by atoms with E-state index in [2.05, 4.69) is 37.9 Å². The molecule has 4 bridgehead atoms. The Morgan fingerprint density at radius 1 is 1.32 bits per heavy atom. The first kappa shape index (κ1) is 15.7. The van der Waals surface area contributed by atoms with Crippen LogP contribution >= 0.6 is 0 Å². The number of oxime groups is 1. The Balaban J connectivity index is 1.88. The molecule has 3 aliphatic rings. The molecule has 0 aromatic heterocycles. The molecule has 0 radical (unpaired) electrons. The monoisotopic (exact) mass is 299 g/mol. The van der Waals surface area contributed by atoms with Crippen LogP contribution in [-0.2, 0) is 4.84 Å². The first-order valence-electron chi connectivity index (χ1n) is 8.67. The fourth-order valence-corrected chi connectivity index (χ4v) is 6.26. The van der Waals surface area contributed by atoms with Gasteiger partial charge in [0, 0.05) is 0 Å². The van der Waals surface area contributed by atoms with Crippen LogP contribution in [0.15, 0.2) is 16.8 Å². The number of nitrogens with zero attached hydrogens (tertiary/aromatic N) is 1. The van der Waals surface area contributed by atoms with Gasteiger partial charge in [0.15, 0.2) is 6.61 Å². The van der Waals surface area contributed by atoms with Gasteiger partial charge in [0.2, 0.25) is 0 Å². The summed E-state index contributed by atoms with van der Waals surface area (Å²) in [6.45, 7) is 9.68. The Hall–Kier alpha value is -1.23. The normalized spacial score (nSPS) is 44.0. The summed E-state index contributed by atoms with van der Waals surface area (Å²) in [7, 11) is 0. The predicted molar refractivity (Wildman–Crippen MR) is 91.5 cm³/mol. The third kappa shape index (κ3) is 1.98. The van der Waals surface area contributed by atoms with Crippen LogP contribution in [0, 0.1) is 34.5 Å². The molecule has 0 spiro atoms. The Kier molecular flexibility index (Phi) is 3.67. The summed E-state index contributed by atoms with van der Waals surface area (Å²) in [4.78, 5) is 5.12. The van der Waals surface area contributed by atoms with Crippen molar-refractivity contribution in [3.8, 4) is 12.3 Å². The molecule has 0 unspecified atom stereocenters. The summed E-state index contributed by atoms with van der Waals surface area (Å²) in [5.74, 6) is 3.30. The molecular weight excluding hydrogens is 270 g/mol. The molecule has 3 aliphatic carbocycles. The van der Waals surface area contributed by atoms with Crippen LogP contribution < -0.4 is 0 Å². The van der Waals surface area contributed by atoms with Gasteiger partial charge in [-0.05, 0) is 74.2 Å². The van der Waals surface area contributed by atoms with Crippen molar-refractivity contribution in [2.75, 3.05) is 6.61 Å². The second-order valence-electron chi connectivity index (χ2n) is 8.29. The molecule has 0 aromatic rings. The van der Waals surface area contributed by atoms with Crippen LogP contribution in [-0.4, -0.2) is 12.3 Å². The molecule has 4 atom stereocenters. The molecule has 120 valence electrons. The molecular formula is C20H29NO. The number of hydrogen-bond acceptors (Lipinski definition) is 2. The lowest BCUT2D eigenvalue weighted by molar-refractivity contribution is 0.0724. The van der Waals surface area contributed by atoms with Gasteiger partial charge in [-0.3, -0.25) is 0 Å². The van der Waals surface area contributed by atoms with Crippen molar-refractivity contribution >= 4 is 5.71 Å². The number of hydrogen-bond donors (Lipinski definition) is 0. The highest BCUT2D eigenvalue weighted by molar-refractivity contribution is 5.93. The maximum Gasteiger partial charge on any atom is 0.177 e. The van der Waals surface area contributed by atoms with E-state index in [4.69, 9.17) is 11.3 Å². The quantitative estimate of drug-likeness (QED) is 0.311. The standard InChI is InChI=1S/C20H29NO/c1-6-12-22-21-16(3)13-15(2)20-10-7-9-19(5)17(20)8-11-18(19,4)14-20/h1,13,17H,7-12,14H2,2-5H3/b15-13+,21-16-/t17-,18-,19-,20-/m0/s1. The van der Waals surface area contributed by atoms with Crippen LogP contribution in [0.3, 0.4) is 0 Å². The van der Waals surface area contributed by atoms with E-state index in [9.17, 15) is 0 Å². The maximum atomic E-state index is 5.19. The molecule has 2 heteroatoms. The minimum Gasteiger partial charge on any atom is -0.382 e. The van der Waals surface area contributed by atoms with Crippen molar-refractivity contribution in [1.82, 2.24) is 0 Å². The molecule has 0 aromatic carbocycles. The van der Waals surface area contributed by atoms with Gasteiger partial charge in [0.05, 0.1) is 5.71 Å². The predicted octanol–water partition coefficient (Wildman–Crippen LogP) is 4.96. The molecule has 2 nitrogen and oxygen atoms in total. The zero-order chi connectivity index (χ0) is 16.0. The molecule has 0 saturated heterocycles. The summed E-state index contributed by atoms with van der Waals surface area (Å²) in [5, 5.41) is 4.12. The summed E-state index contributed by atoms with van der Waals surface area (Å²) in [5.41, 5.74) is 3.93. The highest BCUT2D eigenvalue weighted by Gasteiger charge is 2.70. The molecule has 22 heavy (non-hydrogen) atoms. The second kappa shape index (κ2) is 5.15. The van der Waals surface area contributed by atoms with E-state index < -0.39 is 0 Å². The maximum absolute atomic E-state index is 5.19. The third-order valence-electron chi connectivity index (χ3n) is 7.39. The highest BCUT2D eigenvalue weighted by Crippen LogP contribution is 2.78. The topological polar surface area (TPSA) is 21.6 Å². The van der Waals surface area contributed by atoms with Gasteiger partial charge >= 0.3 is 0 Å². The van der Waals surface area contributed by atoms with Crippen molar-refractivity contribution in [2.24, 2.45) is 27.3 Å². The Bertz CT molecular complexity index is 569. The number of terminal acetylenes is 1. The summed E-state index contributed by atoms with van der Waals surface area (Å²) < 4.78 is 0. The largest absolute Gasteiger partial charge is 0.382 e. The van der Waals surface area contributed by atoms with Crippen LogP contribution in [0.4, 0.5) is 0 Å². The van der Waals surface area contributed by atoms with E-state index in [0.29, 0.717) is 16.2 Å². The zero-order valence-corrected chi connectivity index (χ0v) is 14.5. The second-order valence-corrected chi connectivity index (χ2v) is 8.29. The Labute approximate surface area is 135 Å². The van der Waals surface area contributed by atoms with Crippen molar-refractivity contribution < 1.29 is 4.84 Å². The highest BCUT2D eigenvalue weighted by atomic mass is 16.6. The third-order valence-corrected chi connectivity index (χ3v) is 7.39. The van der Waals surface area contributed by atoms with E-state index in [1.54, 1.807) is 0 Å². The van der Waals surface area contributed by atoms with Gasteiger partial charge in [0.25, 0.3) is 0 Å². The average Bonchev–Trinajstić information content (AvgIpc) is 2.77. The zero-order valence-electron chi connectivity index (χ0n) is 14.5. The van der Waals surface area contributed by atoms with Crippen LogP contribution in [0.25, 0.3) is 0 Å². The summed E-state index contributed by atoms with van der Waals surface area (Å²) in [6, 6.07) is 0. The van der Waals surface area contributed by atoms with Crippen LogP contribution in [0.2, 0.25) is 0 Å². The van der Waals surface area contributed by atoms with Crippen LogP contribution in [0.1, 0.15) is 66.2 Å². The smallest absolute Gasteiger partial charge is 0.177 e. The van der Waals surface area contributed by atoms with E-state index in [-0.39, 0.29) is 6.61 Å². The summed E-state index contributed by atoms with van der Waals surface area (Å²) >= 11 is 0. The molecule has 0 heterocycles. The molecule has 3 saturated carbocycles. The molecule has 3 rings (SSSR count). The van der Waals surface area contributed by atoms with Gasteiger partial charge in [0.1, 0.15) is 0 Å². The van der Waals surface area contributed by atoms with Crippen molar-refractivity contribution in [3.63, 3.8) is 0 Å². The van der Waals surface area contributed by atoms with E-state index in [1.807, 2.05) is 6.92 Å². The minimum absolute atomic E-state index is 0.244. The fraction of sp³-hybridized carbons (Fsp3) is 0.750.